The first-order chi connectivity index (χ1) is 10.9. The van der Waals surface area contributed by atoms with Gasteiger partial charge in [-0.3, -0.25) is 9.59 Å². The van der Waals surface area contributed by atoms with E-state index in [2.05, 4.69) is 15.4 Å². The molecule has 0 radical (unpaired) electrons. The maximum atomic E-state index is 12.2. The summed E-state index contributed by atoms with van der Waals surface area (Å²) in [6.45, 7) is 4.65. The van der Waals surface area contributed by atoms with Crippen molar-refractivity contribution in [3.63, 3.8) is 0 Å². The summed E-state index contributed by atoms with van der Waals surface area (Å²) in [6, 6.07) is 6.53. The molecule has 2 amide bonds. The molecular formula is C17H22N2O4. The molecule has 0 aromatic heterocycles. The summed E-state index contributed by atoms with van der Waals surface area (Å²) in [5.41, 5.74) is 0.887. The van der Waals surface area contributed by atoms with Crippen LogP contribution in [0.25, 0.3) is 0 Å². The highest BCUT2D eigenvalue weighted by Crippen LogP contribution is 2.39. The molecule has 2 rings (SSSR count). The topological polar surface area (TPSA) is 84.5 Å². The van der Waals surface area contributed by atoms with Gasteiger partial charge in [0.05, 0.1) is 24.5 Å². The number of carbonyl (C=O) groups excluding carboxylic acids is 3. The predicted molar refractivity (Wildman–Crippen MR) is 85.9 cm³/mol. The number of amides is 2. The molecule has 23 heavy (non-hydrogen) atoms. The lowest BCUT2D eigenvalue weighted by molar-refractivity contribution is -0.125. The van der Waals surface area contributed by atoms with Crippen LogP contribution in [0.3, 0.4) is 0 Å². The highest BCUT2D eigenvalue weighted by atomic mass is 16.5. The van der Waals surface area contributed by atoms with Crippen LogP contribution in [0.15, 0.2) is 24.3 Å². The summed E-state index contributed by atoms with van der Waals surface area (Å²) >= 11 is 0. The van der Waals surface area contributed by atoms with Crippen molar-refractivity contribution in [3.05, 3.63) is 29.8 Å². The highest BCUT2D eigenvalue weighted by Gasteiger charge is 2.47. The zero-order valence-corrected chi connectivity index (χ0v) is 13.6. The van der Waals surface area contributed by atoms with Gasteiger partial charge in [-0.1, -0.05) is 19.9 Å². The second-order valence-electron chi connectivity index (χ2n) is 6.15. The molecule has 0 spiro atoms. The third-order valence-corrected chi connectivity index (χ3v) is 3.70. The second kappa shape index (κ2) is 7.26. The summed E-state index contributed by atoms with van der Waals surface area (Å²) in [7, 11) is 1.30. The summed E-state index contributed by atoms with van der Waals surface area (Å²) in [5, 5.41) is 5.59. The summed E-state index contributed by atoms with van der Waals surface area (Å²) in [6.07, 6.45) is 0.562. The number of esters is 1. The van der Waals surface area contributed by atoms with E-state index in [1.54, 1.807) is 24.3 Å². The normalized spacial score (nSPS) is 19.1. The number of hydrogen-bond donors (Lipinski definition) is 2. The third-order valence-electron chi connectivity index (χ3n) is 3.70. The minimum atomic E-state index is -0.460. The predicted octanol–water partition coefficient (Wildman–Crippen LogP) is 1.82. The van der Waals surface area contributed by atoms with Crippen molar-refractivity contribution in [1.82, 2.24) is 5.32 Å². The molecule has 0 saturated heterocycles. The quantitative estimate of drug-likeness (QED) is 0.784. The number of hydrogen-bond acceptors (Lipinski definition) is 4. The molecule has 2 unspecified atom stereocenters. The first-order valence-electron chi connectivity index (χ1n) is 7.69. The van der Waals surface area contributed by atoms with Crippen molar-refractivity contribution in [2.45, 2.75) is 20.3 Å². The maximum Gasteiger partial charge on any atom is 0.337 e. The number of benzene rings is 1. The van der Waals surface area contributed by atoms with Gasteiger partial charge < -0.3 is 15.4 Å². The van der Waals surface area contributed by atoms with Gasteiger partial charge in [-0.2, -0.15) is 0 Å². The lowest BCUT2D eigenvalue weighted by atomic mass is 10.2. The molecule has 1 saturated carbocycles. The first kappa shape index (κ1) is 17.0. The van der Waals surface area contributed by atoms with Crippen LogP contribution in [0.5, 0.6) is 0 Å². The zero-order chi connectivity index (χ0) is 17.0. The number of nitrogens with one attached hydrogen (secondary N) is 2. The SMILES string of the molecule is COC(=O)c1cccc(NC(=O)C2CC2C(=O)NCC(C)C)c1. The number of rotatable bonds is 6. The Labute approximate surface area is 135 Å². The number of anilines is 1. The average molecular weight is 318 g/mol. The summed E-state index contributed by atoms with van der Waals surface area (Å²) in [4.78, 5) is 35.6. The molecule has 1 aliphatic carbocycles. The lowest BCUT2D eigenvalue weighted by Gasteiger charge is -2.08. The van der Waals surface area contributed by atoms with Crippen LogP contribution < -0.4 is 10.6 Å². The van der Waals surface area contributed by atoms with E-state index in [-0.39, 0.29) is 23.7 Å². The fourth-order valence-electron chi connectivity index (χ4n) is 2.29. The standard InChI is InChI=1S/C17H22N2O4/c1-10(2)9-18-15(20)13-8-14(13)16(21)19-12-6-4-5-11(7-12)17(22)23-3/h4-7,10,13-14H,8-9H2,1-3H3,(H,18,20)(H,19,21). The van der Waals surface area contributed by atoms with Crippen molar-refractivity contribution in [1.29, 1.82) is 0 Å². The smallest absolute Gasteiger partial charge is 0.337 e. The third kappa shape index (κ3) is 4.55. The van der Waals surface area contributed by atoms with E-state index in [1.807, 2.05) is 13.8 Å². The molecule has 1 aromatic carbocycles. The van der Waals surface area contributed by atoms with Gasteiger partial charge in [0.1, 0.15) is 0 Å². The molecule has 6 nitrogen and oxygen atoms in total. The van der Waals surface area contributed by atoms with Crippen LogP contribution in [0, 0.1) is 17.8 Å². The Balaban J connectivity index is 1.89. The Kier molecular flexibility index (Phi) is 5.36. The molecule has 2 N–H and O–H groups in total. The van der Waals surface area contributed by atoms with Crippen molar-refractivity contribution in [2.75, 3.05) is 19.0 Å². The van der Waals surface area contributed by atoms with Gasteiger partial charge in [0, 0.05) is 12.2 Å². The highest BCUT2D eigenvalue weighted by molar-refractivity contribution is 6.00. The van der Waals surface area contributed by atoms with Gasteiger partial charge in [0.25, 0.3) is 0 Å². The van der Waals surface area contributed by atoms with Crippen LogP contribution in [0.1, 0.15) is 30.6 Å². The second-order valence-corrected chi connectivity index (χ2v) is 6.15. The van der Waals surface area contributed by atoms with E-state index in [0.29, 0.717) is 30.1 Å². The van der Waals surface area contributed by atoms with E-state index in [4.69, 9.17) is 0 Å². The van der Waals surface area contributed by atoms with Crippen LogP contribution in [0.4, 0.5) is 5.69 Å². The van der Waals surface area contributed by atoms with Gasteiger partial charge >= 0.3 is 5.97 Å². The minimum absolute atomic E-state index is 0.0674. The number of methoxy groups -OCH3 is 1. The monoisotopic (exact) mass is 318 g/mol. The van der Waals surface area contributed by atoms with Gasteiger partial charge in [-0.05, 0) is 30.5 Å². The lowest BCUT2D eigenvalue weighted by Crippen LogP contribution is -2.30. The zero-order valence-electron chi connectivity index (χ0n) is 13.6. The van der Waals surface area contributed by atoms with Gasteiger partial charge in [-0.15, -0.1) is 0 Å². The van der Waals surface area contributed by atoms with E-state index >= 15 is 0 Å². The molecule has 6 heteroatoms. The Bertz CT molecular complexity index is 612. The molecule has 0 bridgehead atoms. The molecule has 1 aliphatic rings. The van der Waals surface area contributed by atoms with Gasteiger partial charge in [-0.25, -0.2) is 4.79 Å². The van der Waals surface area contributed by atoms with E-state index < -0.39 is 5.97 Å². The Morgan fingerprint density at radius 3 is 2.57 bits per heavy atom. The summed E-state index contributed by atoms with van der Waals surface area (Å²) in [5.74, 6) is -0.898. The molecule has 2 atom stereocenters. The maximum absolute atomic E-state index is 12.2. The van der Waals surface area contributed by atoms with Crippen molar-refractivity contribution in [2.24, 2.45) is 17.8 Å². The van der Waals surface area contributed by atoms with Gasteiger partial charge in [0.15, 0.2) is 0 Å². The molecular weight excluding hydrogens is 296 g/mol. The van der Waals surface area contributed by atoms with E-state index in [9.17, 15) is 14.4 Å². The van der Waals surface area contributed by atoms with Gasteiger partial charge in [0.2, 0.25) is 11.8 Å². The molecule has 0 aliphatic heterocycles. The van der Waals surface area contributed by atoms with Crippen molar-refractivity contribution >= 4 is 23.5 Å². The fourth-order valence-corrected chi connectivity index (χ4v) is 2.29. The van der Waals surface area contributed by atoms with Crippen LogP contribution in [-0.4, -0.2) is 31.4 Å². The van der Waals surface area contributed by atoms with Crippen molar-refractivity contribution in [3.8, 4) is 0 Å². The summed E-state index contributed by atoms with van der Waals surface area (Å²) < 4.78 is 4.65. The largest absolute Gasteiger partial charge is 0.465 e. The van der Waals surface area contributed by atoms with E-state index in [0.717, 1.165) is 0 Å². The first-order valence-corrected chi connectivity index (χ1v) is 7.69. The van der Waals surface area contributed by atoms with E-state index in [1.165, 1.54) is 7.11 Å². The minimum Gasteiger partial charge on any atom is -0.465 e. The molecule has 1 aromatic rings. The number of ether oxygens (including phenoxy) is 1. The number of carbonyl (C=O) groups is 3. The fraction of sp³-hybridized carbons (Fsp3) is 0.471. The average Bonchev–Trinajstić information content (AvgIpc) is 3.32. The van der Waals surface area contributed by atoms with Crippen LogP contribution >= 0.6 is 0 Å². The molecule has 124 valence electrons. The van der Waals surface area contributed by atoms with Crippen molar-refractivity contribution < 1.29 is 19.1 Å². The Morgan fingerprint density at radius 2 is 1.91 bits per heavy atom. The van der Waals surface area contributed by atoms with Crippen LogP contribution in [0.2, 0.25) is 0 Å². The van der Waals surface area contributed by atoms with Crippen LogP contribution in [-0.2, 0) is 14.3 Å². The molecule has 1 fully saturated rings. The molecule has 0 heterocycles. The Hall–Kier alpha value is -2.37. The Morgan fingerprint density at radius 1 is 1.22 bits per heavy atom.